The molecule has 2 aromatic heterocycles. The normalized spacial score (nSPS) is 11.9. The maximum atomic E-state index is 11.9. The van der Waals surface area contributed by atoms with Crippen molar-refractivity contribution < 1.29 is 23.8 Å². The van der Waals surface area contributed by atoms with Crippen LogP contribution >= 0.6 is 22.7 Å². The Morgan fingerprint density at radius 3 is 2.91 bits per heavy atom. The predicted octanol–water partition coefficient (Wildman–Crippen LogP) is 3.96. The Morgan fingerprint density at radius 1 is 1.19 bits per heavy atom. The molecule has 0 aliphatic carbocycles. The largest absolute Gasteiger partial charge is 0.456 e. The quantitative estimate of drug-likeness (QED) is 0.340. The molecule has 0 spiro atoms. The summed E-state index contributed by atoms with van der Waals surface area (Å²) in [6.07, 6.45) is 0.815. The molecule has 0 fully saturated rings. The van der Waals surface area contributed by atoms with Gasteiger partial charge in [-0.1, -0.05) is 6.07 Å². The average Bonchev–Trinajstić information content (AvgIpc) is 3.54. The Morgan fingerprint density at radius 2 is 2.06 bits per heavy atom. The highest BCUT2D eigenvalue weighted by Gasteiger charge is 2.14. The van der Waals surface area contributed by atoms with E-state index in [9.17, 15) is 9.59 Å². The van der Waals surface area contributed by atoms with Crippen LogP contribution in [0.2, 0.25) is 0 Å². The van der Waals surface area contributed by atoms with Gasteiger partial charge in [0.15, 0.2) is 23.2 Å². The van der Waals surface area contributed by atoms with E-state index in [-0.39, 0.29) is 25.7 Å². The van der Waals surface area contributed by atoms with Gasteiger partial charge < -0.3 is 24.8 Å². The average molecular weight is 474 g/mol. The zero-order chi connectivity index (χ0) is 22.3. The van der Waals surface area contributed by atoms with Gasteiger partial charge in [0.05, 0.1) is 10.6 Å². The Bertz CT molecular complexity index is 1090. The van der Waals surface area contributed by atoms with Crippen molar-refractivity contribution >= 4 is 39.7 Å². The van der Waals surface area contributed by atoms with Gasteiger partial charge in [-0.3, -0.25) is 9.59 Å². The van der Waals surface area contributed by atoms with E-state index in [0.29, 0.717) is 31.0 Å². The molecule has 0 atom stereocenters. The molecule has 1 amide bonds. The zero-order valence-corrected chi connectivity index (χ0v) is 19.1. The maximum absolute atomic E-state index is 11.9. The summed E-state index contributed by atoms with van der Waals surface area (Å²) in [5.41, 5.74) is 1.83. The number of nitrogens with zero attached hydrogens (tertiary/aromatic N) is 1. The molecule has 10 heteroatoms. The summed E-state index contributed by atoms with van der Waals surface area (Å²) in [4.78, 5) is 30.8. The van der Waals surface area contributed by atoms with Crippen molar-refractivity contribution in [2.75, 3.05) is 25.3 Å². The molecule has 0 bridgehead atoms. The van der Waals surface area contributed by atoms with Crippen molar-refractivity contribution in [1.82, 2.24) is 10.3 Å². The monoisotopic (exact) mass is 473 g/mol. The second-order valence-corrected chi connectivity index (χ2v) is 9.25. The Balaban J connectivity index is 1.09. The summed E-state index contributed by atoms with van der Waals surface area (Å²) in [5, 5.41) is 8.78. The summed E-state index contributed by atoms with van der Waals surface area (Å²) < 4.78 is 15.6. The number of hydrogen-bond acceptors (Lipinski definition) is 9. The lowest BCUT2D eigenvalue weighted by Gasteiger charge is -2.07. The van der Waals surface area contributed by atoms with Gasteiger partial charge in [0.25, 0.3) is 5.91 Å². The number of fused-ring (bicyclic) bond motifs is 1. The number of ether oxygens (including phenoxy) is 3. The molecular formula is C22H23N3O5S2. The molecule has 0 radical (unpaired) electrons. The molecule has 3 aromatic rings. The third-order valence-electron chi connectivity index (χ3n) is 4.62. The lowest BCUT2D eigenvalue weighted by molar-refractivity contribution is -0.148. The van der Waals surface area contributed by atoms with Crippen molar-refractivity contribution in [1.29, 1.82) is 0 Å². The number of carbonyl (C=O) groups is 2. The van der Waals surface area contributed by atoms with Crippen LogP contribution in [0.1, 0.15) is 23.3 Å². The number of aromatic nitrogens is 1. The standard InChI is InChI=1S/C22H23N3O5S2/c1-14-4-7-19(32-14)16-12-31-22(25-16)23-8-2-3-21(27)28-11-20(26)24-10-15-5-6-17-18(9-15)30-13-29-17/h4-7,9,12H,2-3,8,10-11,13H2,1H3,(H,23,25)(H,24,26). The van der Waals surface area contributed by atoms with E-state index in [1.165, 1.54) is 16.2 Å². The van der Waals surface area contributed by atoms with E-state index in [1.54, 1.807) is 17.4 Å². The number of thiazole rings is 1. The summed E-state index contributed by atoms with van der Waals surface area (Å²) in [5.74, 6) is 0.593. The number of hydrogen-bond donors (Lipinski definition) is 2. The summed E-state index contributed by atoms with van der Waals surface area (Å²) >= 11 is 3.25. The van der Waals surface area contributed by atoms with Crippen LogP contribution in [-0.4, -0.2) is 36.8 Å². The fraction of sp³-hybridized carbons (Fsp3) is 0.318. The van der Waals surface area contributed by atoms with E-state index in [2.05, 4.69) is 34.7 Å². The van der Waals surface area contributed by atoms with Crippen molar-refractivity contribution in [2.24, 2.45) is 0 Å². The number of thiophene rings is 1. The molecule has 8 nitrogen and oxygen atoms in total. The van der Waals surface area contributed by atoms with Gasteiger partial charge in [-0.25, -0.2) is 4.98 Å². The van der Waals surface area contributed by atoms with E-state index in [4.69, 9.17) is 14.2 Å². The van der Waals surface area contributed by atoms with Crippen LogP contribution in [-0.2, 0) is 20.9 Å². The maximum Gasteiger partial charge on any atom is 0.306 e. The van der Waals surface area contributed by atoms with Crippen LogP contribution < -0.4 is 20.1 Å². The lowest BCUT2D eigenvalue weighted by Crippen LogP contribution is -2.28. The predicted molar refractivity (Wildman–Crippen MR) is 123 cm³/mol. The lowest BCUT2D eigenvalue weighted by atomic mass is 10.2. The highest BCUT2D eigenvalue weighted by Crippen LogP contribution is 2.32. The van der Waals surface area contributed by atoms with Gasteiger partial charge in [0.1, 0.15) is 0 Å². The fourth-order valence-electron chi connectivity index (χ4n) is 2.99. The number of aryl methyl sites for hydroxylation is 1. The zero-order valence-electron chi connectivity index (χ0n) is 17.5. The second kappa shape index (κ2) is 10.5. The molecular weight excluding hydrogens is 450 g/mol. The van der Waals surface area contributed by atoms with Crippen molar-refractivity contribution in [3.63, 3.8) is 0 Å². The number of amides is 1. The molecule has 32 heavy (non-hydrogen) atoms. The van der Waals surface area contributed by atoms with E-state index in [1.807, 2.05) is 17.5 Å². The summed E-state index contributed by atoms with van der Waals surface area (Å²) in [6, 6.07) is 9.61. The van der Waals surface area contributed by atoms with E-state index >= 15 is 0 Å². The van der Waals surface area contributed by atoms with Crippen LogP contribution in [0.5, 0.6) is 11.5 Å². The smallest absolute Gasteiger partial charge is 0.306 e. The number of anilines is 1. The second-order valence-electron chi connectivity index (χ2n) is 7.10. The van der Waals surface area contributed by atoms with Crippen LogP contribution in [0.25, 0.3) is 10.6 Å². The Labute approximate surface area is 193 Å². The molecule has 3 heterocycles. The number of carbonyl (C=O) groups excluding carboxylic acids is 2. The number of rotatable bonds is 10. The molecule has 1 aliphatic rings. The van der Waals surface area contributed by atoms with E-state index in [0.717, 1.165) is 21.3 Å². The minimum atomic E-state index is -0.404. The molecule has 0 saturated carbocycles. The van der Waals surface area contributed by atoms with Gasteiger partial charge in [-0.2, -0.15) is 0 Å². The van der Waals surface area contributed by atoms with Gasteiger partial charge in [-0.05, 0) is 43.2 Å². The minimum Gasteiger partial charge on any atom is -0.456 e. The first-order valence-corrected chi connectivity index (χ1v) is 11.8. The Hall–Kier alpha value is -3.11. The van der Waals surface area contributed by atoms with Crippen LogP contribution in [0, 0.1) is 6.92 Å². The third kappa shape index (κ3) is 5.98. The minimum absolute atomic E-state index is 0.205. The van der Waals surface area contributed by atoms with Crippen molar-refractivity contribution in [3.8, 4) is 22.1 Å². The number of benzene rings is 1. The van der Waals surface area contributed by atoms with Crippen LogP contribution in [0.15, 0.2) is 35.7 Å². The number of nitrogens with one attached hydrogen (secondary N) is 2. The Kier molecular flexibility index (Phi) is 7.23. The van der Waals surface area contributed by atoms with Gasteiger partial charge in [0, 0.05) is 29.8 Å². The third-order valence-corrected chi connectivity index (χ3v) is 6.44. The molecule has 0 saturated heterocycles. The molecule has 4 rings (SSSR count). The molecule has 2 N–H and O–H groups in total. The van der Waals surface area contributed by atoms with Gasteiger partial charge >= 0.3 is 5.97 Å². The first-order valence-electron chi connectivity index (χ1n) is 10.1. The van der Waals surface area contributed by atoms with Gasteiger partial charge in [0.2, 0.25) is 6.79 Å². The van der Waals surface area contributed by atoms with E-state index < -0.39 is 5.97 Å². The summed E-state index contributed by atoms with van der Waals surface area (Å²) in [6.45, 7) is 2.89. The summed E-state index contributed by atoms with van der Waals surface area (Å²) in [7, 11) is 0. The molecule has 0 unspecified atom stereocenters. The fourth-order valence-corrected chi connectivity index (χ4v) is 4.63. The van der Waals surface area contributed by atoms with Crippen molar-refractivity contribution in [3.05, 3.63) is 46.2 Å². The molecule has 1 aliphatic heterocycles. The highest BCUT2D eigenvalue weighted by molar-refractivity contribution is 7.16. The first-order chi connectivity index (χ1) is 15.6. The van der Waals surface area contributed by atoms with Crippen LogP contribution in [0.3, 0.4) is 0 Å². The number of esters is 1. The first kappa shape index (κ1) is 22.1. The SMILES string of the molecule is Cc1ccc(-c2csc(NCCCC(=O)OCC(=O)NCc3ccc4c(c3)OCO4)n2)s1. The molecule has 1 aromatic carbocycles. The topological polar surface area (TPSA) is 98.8 Å². The van der Waals surface area contributed by atoms with Crippen LogP contribution in [0.4, 0.5) is 5.13 Å². The van der Waals surface area contributed by atoms with Crippen molar-refractivity contribution in [2.45, 2.75) is 26.3 Å². The highest BCUT2D eigenvalue weighted by atomic mass is 32.1. The molecule has 168 valence electrons. The van der Waals surface area contributed by atoms with Gasteiger partial charge in [-0.15, -0.1) is 22.7 Å².